The van der Waals surface area contributed by atoms with Crippen molar-refractivity contribution in [3.8, 4) is 17.0 Å². The molecule has 0 saturated carbocycles. The molecule has 0 unspecified atom stereocenters. The fourth-order valence-corrected chi connectivity index (χ4v) is 2.52. The Labute approximate surface area is 140 Å². The van der Waals surface area contributed by atoms with Gasteiger partial charge < -0.3 is 14.3 Å². The Morgan fingerprint density at radius 3 is 2.76 bits per heavy atom. The molecule has 0 aliphatic heterocycles. The number of nitrogens with one attached hydrogen (secondary N) is 1. The van der Waals surface area contributed by atoms with Crippen LogP contribution in [-0.4, -0.2) is 33.4 Å². The van der Waals surface area contributed by atoms with Gasteiger partial charge in [-0.25, -0.2) is 14.6 Å². The third-order valence-electron chi connectivity index (χ3n) is 3.67. The Bertz CT molecular complexity index is 1130. The maximum Gasteiger partial charge on any atom is 0.349 e. The van der Waals surface area contributed by atoms with Crippen LogP contribution in [0.5, 0.6) is 5.75 Å². The summed E-state index contributed by atoms with van der Waals surface area (Å²) < 4.78 is 11.2. The maximum atomic E-state index is 12.1. The van der Waals surface area contributed by atoms with Gasteiger partial charge in [0, 0.05) is 13.2 Å². The number of hydrogen-bond donors (Lipinski definition) is 2. The zero-order valence-electron chi connectivity index (χ0n) is 13.5. The molecule has 3 heterocycles. The number of H-pyrrole nitrogens is 1. The number of rotatable bonds is 4. The lowest BCUT2D eigenvalue weighted by Gasteiger charge is -2.10. The Balaban J connectivity index is 2.32. The van der Waals surface area contributed by atoms with Crippen LogP contribution in [0.15, 0.2) is 37.0 Å². The molecular weight excluding hydrogens is 330 g/mol. The molecule has 0 aliphatic carbocycles. The van der Waals surface area contributed by atoms with E-state index in [4.69, 9.17) is 9.15 Å². The lowest BCUT2D eigenvalue weighted by Crippen LogP contribution is -2.32. The molecule has 9 nitrogen and oxygen atoms in total. The summed E-state index contributed by atoms with van der Waals surface area (Å²) in [7, 11) is 1.48. The van der Waals surface area contributed by atoms with E-state index < -0.39 is 16.9 Å². The Kier molecular flexibility index (Phi) is 4.24. The zero-order chi connectivity index (χ0) is 18.1. The van der Waals surface area contributed by atoms with Crippen LogP contribution in [0.3, 0.4) is 0 Å². The number of aromatic hydroxyl groups is 1. The molecule has 3 aromatic heterocycles. The van der Waals surface area contributed by atoms with Crippen molar-refractivity contribution < 1.29 is 14.3 Å². The molecule has 0 bridgehead atoms. The molecule has 0 radical (unpaired) electrons. The summed E-state index contributed by atoms with van der Waals surface area (Å²) in [5.41, 5.74) is -1.96. The van der Waals surface area contributed by atoms with Gasteiger partial charge in [0.25, 0.3) is 5.56 Å². The van der Waals surface area contributed by atoms with Gasteiger partial charge in [-0.3, -0.25) is 14.3 Å². The number of nitrogens with zero attached hydrogens (tertiary/aromatic N) is 2. The molecule has 0 spiro atoms. The van der Waals surface area contributed by atoms with E-state index in [9.17, 15) is 19.5 Å². The summed E-state index contributed by atoms with van der Waals surface area (Å²) in [4.78, 5) is 42.6. The second kappa shape index (κ2) is 6.36. The third-order valence-corrected chi connectivity index (χ3v) is 3.67. The van der Waals surface area contributed by atoms with E-state index in [0.717, 1.165) is 0 Å². The van der Waals surface area contributed by atoms with Gasteiger partial charge in [0.05, 0.1) is 24.2 Å². The lowest BCUT2D eigenvalue weighted by molar-refractivity contribution is 0.187. The second-order valence-electron chi connectivity index (χ2n) is 5.38. The van der Waals surface area contributed by atoms with Gasteiger partial charge in [-0.05, 0) is 19.1 Å². The number of fused-ring (bicyclic) bond motifs is 1. The quantitative estimate of drug-likeness (QED) is 0.699. The maximum absolute atomic E-state index is 12.1. The summed E-state index contributed by atoms with van der Waals surface area (Å²) in [6.45, 7) is 1.92. The predicted molar refractivity (Wildman–Crippen MR) is 88.9 cm³/mol. The van der Waals surface area contributed by atoms with Crippen molar-refractivity contribution in [3.05, 3.63) is 55.2 Å². The van der Waals surface area contributed by atoms with Crippen molar-refractivity contribution in [1.29, 1.82) is 0 Å². The molecule has 0 fully saturated rings. The average molecular weight is 345 g/mol. The number of ether oxygens (including phenoxy) is 1. The molecule has 3 aromatic rings. The van der Waals surface area contributed by atoms with Crippen molar-refractivity contribution in [2.45, 2.75) is 13.5 Å². The van der Waals surface area contributed by atoms with E-state index in [1.165, 1.54) is 36.8 Å². The van der Waals surface area contributed by atoms with Crippen LogP contribution in [0.2, 0.25) is 0 Å². The van der Waals surface area contributed by atoms with Crippen LogP contribution in [0.1, 0.15) is 5.76 Å². The number of aromatic nitrogens is 3. The number of methoxy groups -OCH3 is 1. The number of hydrogen-bond acceptors (Lipinski definition) is 7. The minimum atomic E-state index is -0.764. The topological polar surface area (TPSA) is 127 Å². The summed E-state index contributed by atoms with van der Waals surface area (Å²) in [6, 6.07) is 4.13. The minimum Gasteiger partial charge on any atom is -0.507 e. The normalized spacial score (nSPS) is 11.1. The zero-order valence-corrected chi connectivity index (χ0v) is 13.5. The molecule has 9 heteroatoms. The van der Waals surface area contributed by atoms with Gasteiger partial charge >= 0.3 is 11.3 Å². The second-order valence-corrected chi connectivity index (χ2v) is 5.38. The first-order valence-corrected chi connectivity index (χ1v) is 7.39. The summed E-state index contributed by atoms with van der Waals surface area (Å²) in [6.07, 6.45) is 0. The van der Waals surface area contributed by atoms with Crippen LogP contribution < -0.4 is 16.9 Å². The number of pyridine rings is 1. The van der Waals surface area contributed by atoms with E-state index in [2.05, 4.69) is 9.97 Å². The molecular formula is C16H15N3O6. The summed E-state index contributed by atoms with van der Waals surface area (Å²) >= 11 is 0. The molecule has 0 aromatic carbocycles. The van der Waals surface area contributed by atoms with Crippen LogP contribution >= 0.6 is 0 Å². The highest BCUT2D eigenvalue weighted by Gasteiger charge is 2.16. The Morgan fingerprint density at radius 2 is 2.08 bits per heavy atom. The highest BCUT2D eigenvalue weighted by molar-refractivity contribution is 5.78. The highest BCUT2D eigenvalue weighted by Crippen LogP contribution is 2.25. The van der Waals surface area contributed by atoms with Gasteiger partial charge in [-0.2, -0.15) is 0 Å². The monoisotopic (exact) mass is 345 g/mol. The van der Waals surface area contributed by atoms with Crippen molar-refractivity contribution in [3.63, 3.8) is 0 Å². The van der Waals surface area contributed by atoms with E-state index in [-0.39, 0.29) is 47.0 Å². The van der Waals surface area contributed by atoms with Crippen LogP contribution in [-0.2, 0) is 11.3 Å². The van der Waals surface area contributed by atoms with E-state index >= 15 is 0 Å². The van der Waals surface area contributed by atoms with Gasteiger partial charge in [-0.1, -0.05) is 0 Å². The van der Waals surface area contributed by atoms with E-state index in [1.54, 1.807) is 0 Å². The van der Waals surface area contributed by atoms with Gasteiger partial charge in [0.1, 0.15) is 22.7 Å². The molecule has 3 rings (SSSR count). The molecule has 0 amide bonds. The standard InChI is InChI=1S/C16H15N3O6/c1-8-7-11(20)12(15(22)25-8)10-4-3-9-13(17-10)19(5-6-24-2)16(23)18-14(9)21/h3-4,7,20H,5-6H2,1-2H3,(H,18,21,23). The first kappa shape index (κ1) is 16.7. The lowest BCUT2D eigenvalue weighted by atomic mass is 10.1. The number of aromatic amines is 1. The van der Waals surface area contributed by atoms with Crippen LogP contribution in [0, 0.1) is 6.92 Å². The molecule has 0 saturated heterocycles. The fraction of sp³-hybridized carbons (Fsp3) is 0.250. The number of aryl methyl sites for hydroxylation is 1. The Morgan fingerprint density at radius 1 is 1.32 bits per heavy atom. The first-order valence-electron chi connectivity index (χ1n) is 7.39. The third kappa shape index (κ3) is 2.96. The molecule has 2 N–H and O–H groups in total. The van der Waals surface area contributed by atoms with E-state index in [0.29, 0.717) is 0 Å². The summed E-state index contributed by atoms with van der Waals surface area (Å²) in [5, 5.41) is 10.2. The molecule has 0 aliphatic rings. The van der Waals surface area contributed by atoms with Gasteiger partial charge in [0.15, 0.2) is 0 Å². The van der Waals surface area contributed by atoms with Crippen molar-refractivity contribution in [1.82, 2.24) is 14.5 Å². The molecule has 130 valence electrons. The molecule has 25 heavy (non-hydrogen) atoms. The van der Waals surface area contributed by atoms with Crippen molar-refractivity contribution in [2.75, 3.05) is 13.7 Å². The predicted octanol–water partition coefficient (Wildman–Crippen LogP) is 0.365. The smallest absolute Gasteiger partial charge is 0.349 e. The minimum absolute atomic E-state index is 0.0858. The average Bonchev–Trinajstić information content (AvgIpc) is 2.53. The summed E-state index contributed by atoms with van der Waals surface area (Å²) in [5.74, 6) is -0.0447. The van der Waals surface area contributed by atoms with Gasteiger partial charge in [0.2, 0.25) is 0 Å². The van der Waals surface area contributed by atoms with Gasteiger partial charge in [-0.15, -0.1) is 0 Å². The SMILES string of the molecule is COCCn1c(=O)[nH]c(=O)c2ccc(-c3c(O)cc(C)oc3=O)nc21. The largest absolute Gasteiger partial charge is 0.507 e. The van der Waals surface area contributed by atoms with Crippen molar-refractivity contribution in [2.24, 2.45) is 0 Å². The fourth-order valence-electron chi connectivity index (χ4n) is 2.52. The highest BCUT2D eigenvalue weighted by atomic mass is 16.5. The van der Waals surface area contributed by atoms with E-state index in [1.807, 2.05) is 0 Å². The first-order chi connectivity index (χ1) is 11.9. The molecule has 0 atom stereocenters. The van der Waals surface area contributed by atoms with Crippen molar-refractivity contribution >= 4 is 11.0 Å². The van der Waals surface area contributed by atoms with Crippen LogP contribution in [0.25, 0.3) is 22.3 Å². The van der Waals surface area contributed by atoms with Crippen LogP contribution in [0.4, 0.5) is 0 Å². The Hall–Kier alpha value is -3.20.